The maximum Gasteiger partial charge on any atom is 0.264 e. The molecule has 0 spiro atoms. The summed E-state index contributed by atoms with van der Waals surface area (Å²) in [5.41, 5.74) is 2.00. The van der Waals surface area contributed by atoms with Gasteiger partial charge in [0.15, 0.2) is 0 Å². The van der Waals surface area contributed by atoms with Crippen molar-refractivity contribution in [3.63, 3.8) is 0 Å². The molecule has 0 aromatic heterocycles. The largest absolute Gasteiger partial charge is 0.495 e. The second-order valence-electron chi connectivity index (χ2n) is 9.06. The molecule has 39 heavy (non-hydrogen) atoms. The van der Waals surface area contributed by atoms with Gasteiger partial charge in [-0.2, -0.15) is 0 Å². The highest BCUT2D eigenvalue weighted by molar-refractivity contribution is 7.92. The average molecular weight is 572 g/mol. The second-order valence-corrected chi connectivity index (χ2v) is 11.3. The fraction of sp³-hybridized carbons (Fsp3) is 0.310. The van der Waals surface area contributed by atoms with E-state index in [4.69, 9.17) is 16.3 Å². The van der Waals surface area contributed by atoms with Crippen molar-refractivity contribution in [1.29, 1.82) is 0 Å². The van der Waals surface area contributed by atoms with E-state index in [0.29, 0.717) is 12.3 Å². The van der Waals surface area contributed by atoms with Crippen LogP contribution in [0.1, 0.15) is 31.4 Å². The molecule has 0 aliphatic heterocycles. The van der Waals surface area contributed by atoms with Gasteiger partial charge in [0.25, 0.3) is 10.0 Å². The fourth-order valence-electron chi connectivity index (χ4n) is 4.01. The first-order valence-electron chi connectivity index (χ1n) is 12.6. The van der Waals surface area contributed by atoms with Crippen molar-refractivity contribution >= 4 is 39.1 Å². The Kier molecular flexibility index (Phi) is 10.4. The molecule has 8 nitrogen and oxygen atoms in total. The predicted octanol–water partition coefficient (Wildman–Crippen LogP) is 4.80. The Balaban J connectivity index is 2.05. The number of carbonyl (C=O) groups excluding carboxylic acids is 2. The van der Waals surface area contributed by atoms with Crippen LogP contribution in [0, 0.1) is 6.92 Å². The molecule has 1 N–H and O–H groups in total. The van der Waals surface area contributed by atoms with Crippen LogP contribution in [0.5, 0.6) is 5.75 Å². The minimum absolute atomic E-state index is 0.0175. The van der Waals surface area contributed by atoms with Gasteiger partial charge in [-0.25, -0.2) is 8.42 Å². The van der Waals surface area contributed by atoms with E-state index in [1.54, 1.807) is 31.2 Å². The van der Waals surface area contributed by atoms with Crippen LogP contribution >= 0.6 is 11.6 Å². The number of anilines is 1. The predicted molar refractivity (Wildman–Crippen MR) is 153 cm³/mol. The average Bonchev–Trinajstić information content (AvgIpc) is 2.94. The van der Waals surface area contributed by atoms with Crippen LogP contribution in [0.15, 0.2) is 77.7 Å². The quantitative estimate of drug-likeness (QED) is 0.337. The Bertz CT molecular complexity index is 1400. The zero-order valence-corrected chi connectivity index (χ0v) is 24.1. The number of amides is 2. The van der Waals surface area contributed by atoms with Gasteiger partial charge in [0, 0.05) is 13.1 Å². The van der Waals surface area contributed by atoms with Gasteiger partial charge < -0.3 is 15.0 Å². The lowest BCUT2D eigenvalue weighted by atomic mass is 10.1. The lowest BCUT2D eigenvalue weighted by Crippen LogP contribution is -2.51. The third-order valence-corrected chi connectivity index (χ3v) is 8.44. The van der Waals surface area contributed by atoms with E-state index in [9.17, 15) is 18.0 Å². The lowest BCUT2D eigenvalue weighted by molar-refractivity contribution is -0.139. The zero-order chi connectivity index (χ0) is 28.6. The summed E-state index contributed by atoms with van der Waals surface area (Å²) in [5.74, 6) is -0.487. The van der Waals surface area contributed by atoms with Gasteiger partial charge in [-0.05, 0) is 61.7 Å². The summed E-state index contributed by atoms with van der Waals surface area (Å²) in [6, 6.07) is 19.1. The second kappa shape index (κ2) is 13.5. The molecule has 3 aromatic carbocycles. The van der Waals surface area contributed by atoms with Crippen LogP contribution in [0.3, 0.4) is 0 Å². The van der Waals surface area contributed by atoms with Crippen molar-refractivity contribution < 1.29 is 22.7 Å². The first-order valence-corrected chi connectivity index (χ1v) is 14.4. The molecule has 1 atom stereocenters. The number of nitrogens with one attached hydrogen (secondary N) is 1. The summed E-state index contributed by atoms with van der Waals surface area (Å²) in [6.07, 6.45) is 0.742. The van der Waals surface area contributed by atoms with Crippen LogP contribution in [-0.4, -0.2) is 51.4 Å². The van der Waals surface area contributed by atoms with E-state index < -0.39 is 28.5 Å². The van der Waals surface area contributed by atoms with Crippen molar-refractivity contribution in [2.24, 2.45) is 0 Å². The van der Waals surface area contributed by atoms with Crippen LogP contribution in [0.4, 0.5) is 5.69 Å². The Hall–Kier alpha value is -3.56. The van der Waals surface area contributed by atoms with E-state index in [1.807, 2.05) is 38.1 Å². The van der Waals surface area contributed by atoms with Gasteiger partial charge in [-0.3, -0.25) is 13.9 Å². The third-order valence-electron chi connectivity index (χ3n) is 6.35. The molecule has 3 aromatic rings. The number of methoxy groups -OCH3 is 1. The molecule has 208 valence electrons. The first-order chi connectivity index (χ1) is 18.6. The molecule has 3 rings (SSSR count). The molecule has 0 bridgehead atoms. The van der Waals surface area contributed by atoms with Crippen LogP contribution in [-0.2, 0) is 26.2 Å². The topological polar surface area (TPSA) is 96.0 Å². The van der Waals surface area contributed by atoms with Crippen molar-refractivity contribution in [2.45, 2.75) is 44.7 Å². The minimum atomic E-state index is -4.17. The van der Waals surface area contributed by atoms with Crippen LogP contribution in [0.2, 0.25) is 5.02 Å². The lowest BCUT2D eigenvalue weighted by Gasteiger charge is -2.32. The Morgan fingerprint density at radius 3 is 2.31 bits per heavy atom. The third kappa shape index (κ3) is 7.30. The number of halogens is 1. The molecular formula is C29H34ClN3O5S. The highest BCUT2D eigenvalue weighted by atomic mass is 35.5. The van der Waals surface area contributed by atoms with E-state index in [2.05, 4.69) is 5.32 Å². The zero-order valence-electron chi connectivity index (χ0n) is 22.6. The molecule has 0 saturated carbocycles. The van der Waals surface area contributed by atoms with Crippen molar-refractivity contribution in [3.8, 4) is 5.75 Å². The summed E-state index contributed by atoms with van der Waals surface area (Å²) in [7, 11) is -2.72. The molecule has 0 aliphatic carbocycles. The number of nitrogens with zero attached hydrogens (tertiary/aromatic N) is 2. The normalized spacial score (nSPS) is 11.9. The molecule has 0 radical (unpaired) electrons. The highest BCUT2D eigenvalue weighted by Crippen LogP contribution is 2.32. The maximum absolute atomic E-state index is 13.9. The van der Waals surface area contributed by atoms with Crippen molar-refractivity contribution in [2.75, 3.05) is 24.5 Å². The molecule has 0 aliphatic rings. The van der Waals surface area contributed by atoms with Gasteiger partial charge in [-0.15, -0.1) is 0 Å². The SMILES string of the molecule is CCCNC(=O)C(C)N(Cc1ccccc1C)C(=O)CN(c1ccc(OC)c(Cl)c1)S(=O)(=O)c1ccccc1. The molecule has 1 unspecified atom stereocenters. The number of carbonyl (C=O) groups is 2. The minimum Gasteiger partial charge on any atom is -0.495 e. The number of hydrogen-bond acceptors (Lipinski definition) is 5. The molecule has 0 heterocycles. The summed E-state index contributed by atoms with van der Waals surface area (Å²) in [6.45, 7) is 5.56. The number of aryl methyl sites for hydroxylation is 1. The number of ether oxygens (including phenoxy) is 1. The van der Waals surface area contributed by atoms with E-state index in [-0.39, 0.29) is 28.1 Å². The highest BCUT2D eigenvalue weighted by Gasteiger charge is 2.32. The summed E-state index contributed by atoms with van der Waals surface area (Å²) in [5, 5.41) is 3.03. The standard InChI is InChI=1S/C29H34ClN3O5S/c1-5-17-31-29(35)22(3)32(19-23-12-10-9-11-21(23)2)28(34)20-33(24-15-16-27(38-4)26(30)18-24)39(36,37)25-13-7-6-8-14-25/h6-16,18,22H,5,17,19-20H2,1-4H3,(H,31,35). The molecule has 0 saturated heterocycles. The summed E-state index contributed by atoms with van der Waals surface area (Å²) < 4.78 is 33.9. The monoisotopic (exact) mass is 571 g/mol. The molecule has 2 amide bonds. The smallest absolute Gasteiger partial charge is 0.264 e. The van der Waals surface area contributed by atoms with Crippen molar-refractivity contribution in [1.82, 2.24) is 10.2 Å². The van der Waals surface area contributed by atoms with Gasteiger partial charge in [0.05, 0.1) is 22.7 Å². The Morgan fingerprint density at radius 2 is 1.69 bits per heavy atom. The first kappa shape index (κ1) is 30.0. The van der Waals surface area contributed by atoms with Gasteiger partial charge in [0.2, 0.25) is 11.8 Å². The van der Waals surface area contributed by atoms with Crippen LogP contribution < -0.4 is 14.4 Å². The molecule has 0 fully saturated rings. The Morgan fingerprint density at radius 1 is 1.03 bits per heavy atom. The van der Waals surface area contributed by atoms with E-state index in [0.717, 1.165) is 21.9 Å². The number of sulfonamides is 1. The fourth-order valence-corrected chi connectivity index (χ4v) is 5.69. The van der Waals surface area contributed by atoms with Gasteiger partial charge >= 0.3 is 0 Å². The van der Waals surface area contributed by atoms with E-state index in [1.165, 1.54) is 36.3 Å². The summed E-state index contributed by atoms with van der Waals surface area (Å²) >= 11 is 6.34. The maximum atomic E-state index is 13.9. The number of hydrogen-bond donors (Lipinski definition) is 1. The van der Waals surface area contributed by atoms with Gasteiger partial charge in [-0.1, -0.05) is 61.0 Å². The molecule has 10 heteroatoms. The van der Waals surface area contributed by atoms with Gasteiger partial charge in [0.1, 0.15) is 18.3 Å². The number of rotatable bonds is 12. The summed E-state index contributed by atoms with van der Waals surface area (Å²) in [4.78, 5) is 28.3. The van der Waals surface area contributed by atoms with Crippen LogP contribution in [0.25, 0.3) is 0 Å². The van der Waals surface area contributed by atoms with E-state index >= 15 is 0 Å². The number of benzene rings is 3. The molecular weight excluding hydrogens is 538 g/mol. The van der Waals surface area contributed by atoms with Crippen molar-refractivity contribution in [3.05, 3.63) is 88.9 Å². The Labute approximate surface area is 235 Å².